The zero-order chi connectivity index (χ0) is 14.1. The highest BCUT2D eigenvalue weighted by Crippen LogP contribution is 2.24. The van der Waals surface area contributed by atoms with Gasteiger partial charge >= 0.3 is 0 Å². The van der Waals surface area contributed by atoms with Crippen molar-refractivity contribution in [1.82, 2.24) is 9.88 Å². The third kappa shape index (κ3) is 5.29. The molecule has 108 valence electrons. The number of aromatic nitrogens is 1. The summed E-state index contributed by atoms with van der Waals surface area (Å²) in [6.07, 6.45) is 8.65. The van der Waals surface area contributed by atoms with Crippen LogP contribution >= 0.6 is 0 Å². The Balaban J connectivity index is 2.84. The largest absolute Gasteiger partial charge is 0.326 e. The van der Waals surface area contributed by atoms with Gasteiger partial charge in [-0.3, -0.25) is 9.88 Å². The highest BCUT2D eigenvalue weighted by atomic mass is 15.2. The number of unbranched alkanes of at least 4 members (excludes halogenated alkanes) is 2. The molecule has 0 amide bonds. The molecule has 1 aromatic heterocycles. The van der Waals surface area contributed by atoms with Gasteiger partial charge in [-0.25, -0.2) is 0 Å². The van der Waals surface area contributed by atoms with E-state index in [9.17, 15) is 0 Å². The molecule has 0 aliphatic carbocycles. The van der Waals surface area contributed by atoms with Gasteiger partial charge in [-0.2, -0.15) is 0 Å². The van der Waals surface area contributed by atoms with Crippen molar-refractivity contribution in [3.8, 4) is 0 Å². The lowest BCUT2D eigenvalue weighted by molar-refractivity contribution is 0.171. The molecule has 0 saturated heterocycles. The van der Waals surface area contributed by atoms with Gasteiger partial charge in [0.1, 0.15) is 0 Å². The molecule has 19 heavy (non-hydrogen) atoms. The van der Waals surface area contributed by atoms with Crippen LogP contribution in [0.3, 0.4) is 0 Å². The Kier molecular flexibility index (Phi) is 7.68. The fourth-order valence-corrected chi connectivity index (χ4v) is 2.52. The molecule has 3 heteroatoms. The van der Waals surface area contributed by atoms with Crippen molar-refractivity contribution in [3.05, 3.63) is 30.1 Å². The second-order valence-corrected chi connectivity index (χ2v) is 5.33. The monoisotopic (exact) mass is 263 g/mol. The lowest BCUT2D eigenvalue weighted by Gasteiger charge is -2.34. The number of hydrogen-bond donors (Lipinski definition) is 1. The average Bonchev–Trinajstić information content (AvgIpc) is 2.42. The summed E-state index contributed by atoms with van der Waals surface area (Å²) in [5.74, 6) is 0. The number of nitrogens with two attached hydrogens (primary N) is 1. The second-order valence-electron chi connectivity index (χ2n) is 5.33. The molecule has 0 aliphatic rings. The van der Waals surface area contributed by atoms with Crippen LogP contribution in [0.1, 0.15) is 58.1 Å². The normalized spacial score (nSPS) is 14.6. The summed E-state index contributed by atoms with van der Waals surface area (Å²) < 4.78 is 0. The summed E-state index contributed by atoms with van der Waals surface area (Å²) in [5.41, 5.74) is 7.54. The van der Waals surface area contributed by atoms with Crippen LogP contribution in [0.5, 0.6) is 0 Å². The molecule has 1 aromatic rings. The van der Waals surface area contributed by atoms with Crippen LogP contribution in [-0.4, -0.2) is 29.0 Å². The molecule has 3 nitrogen and oxygen atoms in total. The smallest absolute Gasteiger partial charge is 0.0497 e. The van der Waals surface area contributed by atoms with E-state index in [1.165, 1.54) is 31.2 Å². The lowest BCUT2D eigenvalue weighted by Crippen LogP contribution is -2.40. The first-order chi connectivity index (χ1) is 9.20. The Morgan fingerprint density at radius 3 is 2.05 bits per heavy atom. The summed E-state index contributed by atoms with van der Waals surface area (Å²) >= 11 is 0. The standard InChI is InChI=1S/C16H29N3/c1-4-6-12-19(13-7-5-2)16(14(3)17)15-8-10-18-11-9-15/h8-11,14,16H,4-7,12-13,17H2,1-3H3. The van der Waals surface area contributed by atoms with Crippen molar-refractivity contribution in [1.29, 1.82) is 0 Å². The number of nitrogens with zero attached hydrogens (tertiary/aromatic N) is 2. The summed E-state index contributed by atoms with van der Waals surface area (Å²) in [6, 6.07) is 4.63. The first-order valence-electron chi connectivity index (χ1n) is 7.60. The van der Waals surface area contributed by atoms with Gasteiger partial charge in [0.2, 0.25) is 0 Å². The van der Waals surface area contributed by atoms with Crippen LogP contribution in [0.15, 0.2) is 24.5 Å². The molecule has 0 saturated carbocycles. The molecular weight excluding hydrogens is 234 g/mol. The third-order valence-electron chi connectivity index (χ3n) is 3.54. The van der Waals surface area contributed by atoms with Gasteiger partial charge in [-0.05, 0) is 50.6 Å². The van der Waals surface area contributed by atoms with E-state index >= 15 is 0 Å². The van der Waals surface area contributed by atoms with Crippen LogP contribution in [0.25, 0.3) is 0 Å². The topological polar surface area (TPSA) is 42.2 Å². The van der Waals surface area contributed by atoms with Crippen molar-refractivity contribution >= 4 is 0 Å². The maximum atomic E-state index is 6.25. The van der Waals surface area contributed by atoms with E-state index in [2.05, 4.69) is 42.8 Å². The average molecular weight is 263 g/mol. The Bertz CT molecular complexity index is 316. The molecule has 1 heterocycles. The summed E-state index contributed by atoms with van der Waals surface area (Å²) in [4.78, 5) is 6.66. The summed E-state index contributed by atoms with van der Waals surface area (Å²) in [7, 11) is 0. The molecule has 1 rings (SSSR count). The molecule has 0 spiro atoms. The molecule has 0 aliphatic heterocycles. The number of rotatable bonds is 9. The van der Waals surface area contributed by atoms with Crippen LogP contribution < -0.4 is 5.73 Å². The Hall–Kier alpha value is -0.930. The molecule has 0 bridgehead atoms. The van der Waals surface area contributed by atoms with Crippen molar-refractivity contribution in [3.63, 3.8) is 0 Å². The SMILES string of the molecule is CCCCN(CCCC)C(c1ccncc1)C(C)N. The Labute approximate surface area is 118 Å². The van der Waals surface area contributed by atoms with Gasteiger partial charge in [0.05, 0.1) is 0 Å². The van der Waals surface area contributed by atoms with Crippen molar-refractivity contribution in [2.75, 3.05) is 13.1 Å². The van der Waals surface area contributed by atoms with Crippen LogP contribution in [0, 0.1) is 0 Å². The van der Waals surface area contributed by atoms with Gasteiger partial charge in [0.25, 0.3) is 0 Å². The molecule has 0 radical (unpaired) electrons. The zero-order valence-electron chi connectivity index (χ0n) is 12.7. The van der Waals surface area contributed by atoms with Gasteiger partial charge in [0, 0.05) is 24.5 Å². The minimum Gasteiger partial charge on any atom is -0.326 e. The van der Waals surface area contributed by atoms with Gasteiger partial charge < -0.3 is 5.73 Å². The maximum Gasteiger partial charge on any atom is 0.0497 e. The van der Waals surface area contributed by atoms with E-state index in [1.54, 1.807) is 0 Å². The second kappa shape index (κ2) is 9.05. The van der Waals surface area contributed by atoms with Gasteiger partial charge in [0.15, 0.2) is 0 Å². The first-order valence-corrected chi connectivity index (χ1v) is 7.60. The van der Waals surface area contributed by atoms with E-state index in [-0.39, 0.29) is 6.04 Å². The molecule has 2 N–H and O–H groups in total. The Morgan fingerprint density at radius 2 is 1.63 bits per heavy atom. The highest BCUT2D eigenvalue weighted by Gasteiger charge is 2.23. The molecular formula is C16H29N3. The van der Waals surface area contributed by atoms with E-state index in [4.69, 9.17) is 5.73 Å². The quantitative estimate of drug-likeness (QED) is 0.742. The van der Waals surface area contributed by atoms with Crippen LogP contribution in [-0.2, 0) is 0 Å². The van der Waals surface area contributed by atoms with Crippen LogP contribution in [0.2, 0.25) is 0 Å². The van der Waals surface area contributed by atoms with Gasteiger partial charge in [-0.15, -0.1) is 0 Å². The highest BCUT2D eigenvalue weighted by molar-refractivity contribution is 5.17. The minimum atomic E-state index is 0.135. The summed E-state index contributed by atoms with van der Waals surface area (Å²) in [5, 5.41) is 0. The van der Waals surface area contributed by atoms with Crippen LogP contribution in [0.4, 0.5) is 0 Å². The van der Waals surface area contributed by atoms with E-state index in [0.29, 0.717) is 6.04 Å². The third-order valence-corrected chi connectivity index (χ3v) is 3.54. The van der Waals surface area contributed by atoms with E-state index in [1.807, 2.05) is 12.4 Å². The first kappa shape index (κ1) is 16.1. The Morgan fingerprint density at radius 1 is 1.11 bits per heavy atom. The fourth-order valence-electron chi connectivity index (χ4n) is 2.52. The predicted octanol–water partition coefficient (Wildman–Crippen LogP) is 3.37. The lowest BCUT2D eigenvalue weighted by atomic mass is 9.99. The molecule has 2 atom stereocenters. The number of pyridine rings is 1. The van der Waals surface area contributed by atoms with Gasteiger partial charge in [-0.1, -0.05) is 26.7 Å². The maximum absolute atomic E-state index is 6.25. The van der Waals surface area contributed by atoms with Crippen molar-refractivity contribution in [2.45, 2.75) is 58.5 Å². The van der Waals surface area contributed by atoms with E-state index in [0.717, 1.165) is 13.1 Å². The minimum absolute atomic E-state index is 0.135. The predicted molar refractivity (Wildman–Crippen MR) is 82.0 cm³/mol. The molecule has 0 aromatic carbocycles. The summed E-state index contributed by atoms with van der Waals surface area (Å²) in [6.45, 7) is 8.85. The van der Waals surface area contributed by atoms with Crippen molar-refractivity contribution in [2.24, 2.45) is 5.73 Å². The number of hydrogen-bond acceptors (Lipinski definition) is 3. The molecule has 2 unspecified atom stereocenters. The zero-order valence-corrected chi connectivity index (χ0v) is 12.7. The van der Waals surface area contributed by atoms with E-state index < -0.39 is 0 Å². The van der Waals surface area contributed by atoms with Crippen molar-refractivity contribution < 1.29 is 0 Å². The fraction of sp³-hybridized carbons (Fsp3) is 0.688. The molecule has 0 fully saturated rings.